The van der Waals surface area contributed by atoms with Crippen molar-refractivity contribution in [2.24, 2.45) is 5.41 Å². The normalized spacial score (nSPS) is 24.8. The lowest BCUT2D eigenvalue weighted by molar-refractivity contribution is 0.0943. The number of hydrogen-bond donors (Lipinski definition) is 0. The average molecular weight is 377 g/mol. The smallest absolute Gasteiger partial charge is 0.186 e. The van der Waals surface area contributed by atoms with Gasteiger partial charge in [-0.3, -0.25) is 0 Å². The first-order valence-corrected chi connectivity index (χ1v) is 10.2. The predicted octanol–water partition coefficient (Wildman–Crippen LogP) is 4.18. The van der Waals surface area contributed by atoms with Crippen molar-refractivity contribution in [2.45, 2.75) is 45.1 Å². The first-order valence-electron chi connectivity index (χ1n) is 10.2. The van der Waals surface area contributed by atoms with Crippen LogP contribution in [0, 0.1) is 11.2 Å². The van der Waals surface area contributed by atoms with Gasteiger partial charge in [-0.25, -0.2) is 9.37 Å². The number of benzene rings is 1. The molecular weight excluding hydrogens is 353 g/mol. The maximum Gasteiger partial charge on any atom is 0.186 e. The number of nitrogens with zero attached hydrogens (tertiary/aromatic N) is 5. The van der Waals surface area contributed by atoms with Gasteiger partial charge in [-0.1, -0.05) is 12.8 Å². The van der Waals surface area contributed by atoms with Crippen LogP contribution in [0.25, 0.3) is 6.08 Å². The molecule has 0 amide bonds. The molecule has 1 atom stereocenters. The maximum absolute atomic E-state index is 13.5. The van der Waals surface area contributed by atoms with Crippen LogP contribution < -0.4 is 4.90 Å². The third-order valence-electron chi connectivity index (χ3n) is 6.81. The molecule has 1 saturated carbocycles. The zero-order chi connectivity index (χ0) is 18.7. The third-order valence-corrected chi connectivity index (χ3v) is 6.81. The fourth-order valence-corrected chi connectivity index (χ4v) is 5.49. The first kappa shape index (κ1) is 16.2. The van der Waals surface area contributed by atoms with E-state index >= 15 is 0 Å². The second-order valence-corrected chi connectivity index (χ2v) is 8.59. The van der Waals surface area contributed by atoms with E-state index in [0.717, 1.165) is 31.1 Å². The average Bonchev–Trinajstić information content (AvgIpc) is 3.46. The number of aromatic nitrogens is 2. The summed E-state index contributed by atoms with van der Waals surface area (Å²) in [4.78, 5) is 11.6. The maximum atomic E-state index is 13.5. The van der Waals surface area contributed by atoms with E-state index in [9.17, 15) is 4.39 Å². The molecule has 0 N–H and O–H groups in total. The largest absolute Gasteiger partial charge is 0.335 e. The molecule has 3 aliphatic heterocycles. The number of allylic oxidation sites excluding steroid dienone is 1. The fourth-order valence-electron chi connectivity index (χ4n) is 5.49. The molecule has 0 bridgehead atoms. The molecule has 4 aliphatic rings. The molecule has 0 radical (unpaired) electrons. The topological polar surface area (TPSA) is 27.5 Å². The monoisotopic (exact) mass is 377 g/mol. The number of hydrogen-bond acceptors (Lipinski definition) is 4. The molecule has 1 spiro atoms. The highest BCUT2D eigenvalue weighted by molar-refractivity contribution is 5.54. The van der Waals surface area contributed by atoms with Gasteiger partial charge in [-0.05, 0) is 55.0 Å². The second-order valence-electron chi connectivity index (χ2n) is 8.59. The number of imidazole rings is 1. The Morgan fingerprint density at radius 3 is 2.75 bits per heavy atom. The number of fused-ring (bicyclic) bond motifs is 2. The lowest BCUT2D eigenvalue weighted by Gasteiger charge is -2.42. The minimum absolute atomic E-state index is 0.0761. The first-order chi connectivity index (χ1) is 13.7. The molecule has 1 saturated heterocycles. The minimum Gasteiger partial charge on any atom is -0.335 e. The van der Waals surface area contributed by atoms with Crippen LogP contribution in [0.3, 0.4) is 0 Å². The summed E-state index contributed by atoms with van der Waals surface area (Å²) in [6.07, 6.45) is 17.0. The van der Waals surface area contributed by atoms with E-state index in [1.54, 1.807) is 12.1 Å². The van der Waals surface area contributed by atoms with E-state index in [0.29, 0.717) is 5.41 Å². The highest BCUT2D eigenvalue weighted by Crippen LogP contribution is 2.52. The van der Waals surface area contributed by atoms with Gasteiger partial charge in [0.2, 0.25) is 0 Å². The van der Waals surface area contributed by atoms with Crippen LogP contribution in [0.2, 0.25) is 0 Å². The Morgan fingerprint density at radius 1 is 1.11 bits per heavy atom. The molecular formula is C22H24FN5. The highest BCUT2D eigenvalue weighted by atomic mass is 19.1. The van der Waals surface area contributed by atoms with Crippen LogP contribution in [-0.4, -0.2) is 32.2 Å². The molecule has 1 unspecified atom stereocenters. The standard InChI is InChI=1S/C22H24FN5/c23-17-3-5-18(6-4-17)27-14-19-13-22(8-1-2-9-22)15-28(19)21(27)26-11-7-20-24-10-12-25(20)16-26/h3-7,10-12,14,21H,1-2,8-9,13,15-16H2. The second kappa shape index (κ2) is 5.87. The molecule has 1 aliphatic carbocycles. The molecule has 144 valence electrons. The molecule has 1 aromatic heterocycles. The molecule has 5 nitrogen and oxygen atoms in total. The SMILES string of the molecule is Fc1ccc(N2C=C3CC4(CCCC4)CN3C2N2C=Cc3nccn3C2)cc1. The van der Waals surface area contributed by atoms with Gasteiger partial charge in [-0.2, -0.15) is 0 Å². The Morgan fingerprint density at radius 2 is 1.93 bits per heavy atom. The van der Waals surface area contributed by atoms with Crippen LogP contribution in [-0.2, 0) is 6.67 Å². The van der Waals surface area contributed by atoms with Crippen LogP contribution in [0.5, 0.6) is 0 Å². The van der Waals surface area contributed by atoms with Gasteiger partial charge in [-0.15, -0.1) is 0 Å². The Labute approximate surface area is 164 Å². The van der Waals surface area contributed by atoms with Gasteiger partial charge in [0.1, 0.15) is 11.6 Å². The molecule has 6 heteroatoms. The molecule has 4 heterocycles. The van der Waals surface area contributed by atoms with E-state index in [1.807, 2.05) is 24.5 Å². The molecule has 28 heavy (non-hydrogen) atoms. The van der Waals surface area contributed by atoms with Crippen molar-refractivity contribution in [3.8, 4) is 0 Å². The highest BCUT2D eigenvalue weighted by Gasteiger charge is 2.49. The van der Waals surface area contributed by atoms with Crippen molar-refractivity contribution in [3.05, 3.63) is 66.4 Å². The summed E-state index contributed by atoms with van der Waals surface area (Å²) in [5.74, 6) is 0.794. The van der Waals surface area contributed by atoms with Crippen molar-refractivity contribution in [3.63, 3.8) is 0 Å². The number of rotatable bonds is 2. The van der Waals surface area contributed by atoms with Gasteiger partial charge < -0.3 is 19.3 Å². The molecule has 6 rings (SSSR count). The molecule has 2 fully saturated rings. The fraction of sp³-hybridized carbons (Fsp3) is 0.409. The minimum atomic E-state index is -0.196. The molecule has 1 aromatic carbocycles. The van der Waals surface area contributed by atoms with Crippen LogP contribution in [0.4, 0.5) is 10.1 Å². The summed E-state index contributed by atoms with van der Waals surface area (Å²) in [6, 6.07) is 6.85. The summed E-state index contributed by atoms with van der Waals surface area (Å²) in [5, 5.41) is 0. The van der Waals surface area contributed by atoms with Crippen molar-refractivity contribution >= 4 is 11.8 Å². The van der Waals surface area contributed by atoms with E-state index in [-0.39, 0.29) is 12.1 Å². The third kappa shape index (κ3) is 2.40. The van der Waals surface area contributed by atoms with Crippen LogP contribution in [0.15, 0.2) is 54.8 Å². The summed E-state index contributed by atoms with van der Waals surface area (Å²) in [6.45, 7) is 1.88. The van der Waals surface area contributed by atoms with Crippen LogP contribution in [0.1, 0.15) is 37.9 Å². The number of halogens is 1. The summed E-state index contributed by atoms with van der Waals surface area (Å²) >= 11 is 0. The van der Waals surface area contributed by atoms with Crippen molar-refractivity contribution < 1.29 is 4.39 Å². The Bertz CT molecular complexity index is 954. The Kier molecular flexibility index (Phi) is 3.40. The summed E-state index contributed by atoms with van der Waals surface area (Å²) < 4.78 is 15.7. The van der Waals surface area contributed by atoms with E-state index in [4.69, 9.17) is 0 Å². The Balaban J connectivity index is 1.38. The number of anilines is 1. The van der Waals surface area contributed by atoms with Crippen molar-refractivity contribution in [1.82, 2.24) is 19.4 Å². The van der Waals surface area contributed by atoms with Crippen LogP contribution >= 0.6 is 0 Å². The van der Waals surface area contributed by atoms with Crippen molar-refractivity contribution in [2.75, 3.05) is 11.4 Å². The van der Waals surface area contributed by atoms with Gasteiger partial charge >= 0.3 is 0 Å². The van der Waals surface area contributed by atoms with Gasteiger partial charge in [0.25, 0.3) is 0 Å². The van der Waals surface area contributed by atoms with E-state index in [2.05, 4.69) is 42.7 Å². The quantitative estimate of drug-likeness (QED) is 0.785. The van der Waals surface area contributed by atoms with Gasteiger partial charge in [0.15, 0.2) is 6.29 Å². The lowest BCUT2D eigenvalue weighted by atomic mass is 9.85. The summed E-state index contributed by atoms with van der Waals surface area (Å²) in [5.41, 5.74) is 2.90. The van der Waals surface area contributed by atoms with E-state index in [1.165, 1.54) is 31.4 Å². The van der Waals surface area contributed by atoms with Gasteiger partial charge in [0, 0.05) is 42.7 Å². The van der Waals surface area contributed by atoms with Gasteiger partial charge in [0.05, 0.1) is 6.67 Å². The Hall–Kier alpha value is -2.76. The van der Waals surface area contributed by atoms with E-state index < -0.39 is 0 Å². The zero-order valence-electron chi connectivity index (χ0n) is 15.8. The zero-order valence-corrected chi connectivity index (χ0v) is 15.8. The predicted molar refractivity (Wildman–Crippen MR) is 106 cm³/mol. The van der Waals surface area contributed by atoms with Crippen molar-refractivity contribution in [1.29, 1.82) is 0 Å². The molecule has 2 aromatic rings. The summed E-state index contributed by atoms with van der Waals surface area (Å²) in [7, 11) is 0. The lowest BCUT2D eigenvalue weighted by Crippen LogP contribution is -2.52.